The molecule has 1 saturated carbocycles. The third-order valence-corrected chi connectivity index (χ3v) is 6.23. The molecule has 174 valence electrons. The van der Waals surface area contributed by atoms with Gasteiger partial charge in [-0.2, -0.15) is 0 Å². The average molecular weight is 435 g/mol. The molecular weight excluding hydrogens is 396 g/mol. The Hall–Kier alpha value is -1.83. The maximum absolute atomic E-state index is 12.0. The first-order chi connectivity index (χ1) is 15.0. The van der Waals surface area contributed by atoms with Crippen LogP contribution in [0.15, 0.2) is 18.2 Å². The molecule has 1 saturated heterocycles. The summed E-state index contributed by atoms with van der Waals surface area (Å²) in [7, 11) is 7.07. The van der Waals surface area contributed by atoms with Crippen LogP contribution in [0.1, 0.15) is 37.7 Å². The number of likely N-dealkylation sites (tertiary alicyclic amines) is 1. The Morgan fingerprint density at radius 2 is 1.87 bits per heavy atom. The van der Waals surface area contributed by atoms with Crippen molar-refractivity contribution in [3.63, 3.8) is 0 Å². The normalized spacial score (nSPS) is 24.4. The van der Waals surface area contributed by atoms with Gasteiger partial charge >= 0.3 is 5.97 Å². The minimum Gasteiger partial charge on any atom is -0.493 e. The van der Waals surface area contributed by atoms with E-state index in [9.17, 15) is 4.79 Å². The molecule has 1 heterocycles. The lowest BCUT2D eigenvalue weighted by atomic mass is 9.91. The molecule has 7 nitrogen and oxygen atoms in total. The lowest BCUT2D eigenvalue weighted by molar-refractivity contribution is -0.149. The second-order valence-corrected chi connectivity index (χ2v) is 8.83. The molecule has 0 amide bonds. The minimum atomic E-state index is -0.136. The van der Waals surface area contributed by atoms with Crippen LogP contribution in [0.5, 0.6) is 11.5 Å². The highest BCUT2D eigenvalue weighted by atomic mass is 16.5. The van der Waals surface area contributed by atoms with Gasteiger partial charge in [0.15, 0.2) is 11.5 Å². The topological polar surface area (TPSA) is 60.5 Å². The molecule has 1 aliphatic carbocycles. The average Bonchev–Trinajstić information content (AvgIpc) is 3.21. The van der Waals surface area contributed by atoms with Gasteiger partial charge in [0.2, 0.25) is 0 Å². The summed E-state index contributed by atoms with van der Waals surface area (Å²) >= 11 is 0. The van der Waals surface area contributed by atoms with Gasteiger partial charge < -0.3 is 18.9 Å². The molecule has 0 unspecified atom stereocenters. The molecule has 0 spiro atoms. The second kappa shape index (κ2) is 11.7. The van der Waals surface area contributed by atoms with E-state index in [2.05, 4.69) is 11.0 Å². The monoisotopic (exact) mass is 434 g/mol. The van der Waals surface area contributed by atoms with Gasteiger partial charge in [0, 0.05) is 19.1 Å². The van der Waals surface area contributed by atoms with Crippen molar-refractivity contribution >= 4 is 5.97 Å². The predicted octanol–water partition coefficient (Wildman–Crippen LogP) is 2.75. The number of methoxy groups -OCH3 is 2. The van der Waals surface area contributed by atoms with E-state index in [1.54, 1.807) is 14.2 Å². The van der Waals surface area contributed by atoms with Crippen LogP contribution >= 0.6 is 0 Å². The molecule has 1 aromatic carbocycles. The lowest BCUT2D eigenvalue weighted by Gasteiger charge is -2.37. The van der Waals surface area contributed by atoms with Crippen LogP contribution in [0.3, 0.4) is 0 Å². The van der Waals surface area contributed by atoms with Gasteiger partial charge in [-0.3, -0.25) is 14.6 Å². The minimum absolute atomic E-state index is 0.00166. The summed E-state index contributed by atoms with van der Waals surface area (Å²) in [5.41, 5.74) is 1.18. The summed E-state index contributed by atoms with van der Waals surface area (Å²) in [6, 6.07) is 6.44. The van der Waals surface area contributed by atoms with Crippen LogP contribution in [0.25, 0.3) is 0 Å². The Bertz CT molecular complexity index is 711. The van der Waals surface area contributed by atoms with Crippen molar-refractivity contribution in [1.29, 1.82) is 0 Å². The molecule has 7 heteroatoms. The fourth-order valence-corrected chi connectivity index (χ4v) is 4.69. The summed E-state index contributed by atoms with van der Waals surface area (Å²) in [6.45, 7) is 2.81. The van der Waals surface area contributed by atoms with Crippen LogP contribution in [0.4, 0.5) is 0 Å². The van der Waals surface area contributed by atoms with Crippen LogP contribution < -0.4 is 9.47 Å². The third kappa shape index (κ3) is 6.82. The Morgan fingerprint density at radius 3 is 2.61 bits per heavy atom. The molecule has 0 N–H and O–H groups in total. The van der Waals surface area contributed by atoms with E-state index in [0.717, 1.165) is 50.3 Å². The summed E-state index contributed by atoms with van der Waals surface area (Å²) in [6.07, 6.45) is 6.70. The molecular formula is C24H38N2O5. The molecule has 0 aromatic heterocycles. The predicted molar refractivity (Wildman–Crippen MR) is 120 cm³/mol. The van der Waals surface area contributed by atoms with Crippen molar-refractivity contribution in [3.05, 3.63) is 23.8 Å². The Kier molecular flexibility index (Phi) is 8.99. The molecule has 3 atom stereocenters. The third-order valence-electron chi connectivity index (χ3n) is 6.23. The van der Waals surface area contributed by atoms with Gasteiger partial charge in [-0.15, -0.1) is 0 Å². The summed E-state index contributed by atoms with van der Waals surface area (Å²) in [5.74, 6) is 1.36. The van der Waals surface area contributed by atoms with Crippen molar-refractivity contribution in [3.8, 4) is 11.5 Å². The van der Waals surface area contributed by atoms with Gasteiger partial charge in [-0.1, -0.05) is 18.9 Å². The highest BCUT2D eigenvalue weighted by molar-refractivity contribution is 5.71. The Morgan fingerprint density at radius 1 is 1.10 bits per heavy atom. The van der Waals surface area contributed by atoms with E-state index >= 15 is 0 Å². The maximum Gasteiger partial charge on any atom is 0.320 e. The maximum atomic E-state index is 12.0. The number of carbonyl (C=O) groups is 1. The number of esters is 1. The number of carbonyl (C=O) groups excluding carboxylic acids is 1. The highest BCUT2D eigenvalue weighted by Gasteiger charge is 2.36. The van der Waals surface area contributed by atoms with Crippen molar-refractivity contribution in [2.75, 3.05) is 54.6 Å². The first-order valence-corrected chi connectivity index (χ1v) is 11.4. The molecule has 3 rings (SSSR count). The number of benzene rings is 1. The van der Waals surface area contributed by atoms with Crippen molar-refractivity contribution in [2.45, 2.75) is 56.8 Å². The molecule has 31 heavy (non-hydrogen) atoms. The van der Waals surface area contributed by atoms with Crippen LogP contribution in [0.2, 0.25) is 0 Å². The van der Waals surface area contributed by atoms with Crippen LogP contribution in [0, 0.1) is 0 Å². The number of hydrogen-bond acceptors (Lipinski definition) is 7. The quantitative estimate of drug-likeness (QED) is 0.525. The number of hydrogen-bond donors (Lipinski definition) is 0. The summed E-state index contributed by atoms with van der Waals surface area (Å²) < 4.78 is 22.8. The fourth-order valence-electron chi connectivity index (χ4n) is 4.69. The Labute approximate surface area is 186 Å². The molecule has 1 aromatic rings. The zero-order valence-electron chi connectivity index (χ0n) is 19.5. The van der Waals surface area contributed by atoms with Crippen molar-refractivity contribution < 1.29 is 23.7 Å². The van der Waals surface area contributed by atoms with E-state index in [4.69, 9.17) is 18.9 Å². The van der Waals surface area contributed by atoms with E-state index in [1.807, 2.05) is 31.1 Å². The first kappa shape index (κ1) is 23.8. The van der Waals surface area contributed by atoms with Gasteiger partial charge in [0.25, 0.3) is 0 Å². The molecule has 2 fully saturated rings. The van der Waals surface area contributed by atoms with Gasteiger partial charge in [0.05, 0.1) is 33.5 Å². The summed E-state index contributed by atoms with van der Waals surface area (Å²) in [5, 5.41) is 0. The lowest BCUT2D eigenvalue weighted by Crippen LogP contribution is -2.46. The van der Waals surface area contributed by atoms with Crippen molar-refractivity contribution in [2.24, 2.45) is 0 Å². The molecule has 1 aliphatic heterocycles. The largest absolute Gasteiger partial charge is 0.493 e. The summed E-state index contributed by atoms with van der Waals surface area (Å²) in [4.78, 5) is 16.3. The Balaban J connectivity index is 1.49. The molecule has 0 radical (unpaired) electrons. The number of rotatable bonds is 10. The highest BCUT2D eigenvalue weighted by Crippen LogP contribution is 2.30. The van der Waals surface area contributed by atoms with Crippen molar-refractivity contribution in [1.82, 2.24) is 9.80 Å². The number of likely N-dealkylation sites (N-methyl/N-ethyl adjacent to an activating group) is 1. The smallest absolute Gasteiger partial charge is 0.320 e. The first-order valence-electron chi connectivity index (χ1n) is 11.4. The van der Waals surface area contributed by atoms with E-state index in [1.165, 1.54) is 18.4 Å². The van der Waals surface area contributed by atoms with Gasteiger partial charge in [-0.05, 0) is 57.5 Å². The molecule has 0 bridgehead atoms. The SMILES string of the molecule is COc1ccc(CCO[C@@H]2CCCC[C@H]2N2CC[C@@H](OC(=O)CN(C)C)C2)cc1OC. The van der Waals surface area contributed by atoms with Gasteiger partial charge in [-0.25, -0.2) is 0 Å². The van der Waals surface area contributed by atoms with Crippen LogP contribution in [-0.2, 0) is 20.7 Å². The fraction of sp³-hybridized carbons (Fsp3) is 0.708. The van der Waals surface area contributed by atoms with E-state index in [-0.39, 0.29) is 18.2 Å². The zero-order chi connectivity index (χ0) is 22.2. The molecule has 2 aliphatic rings. The van der Waals surface area contributed by atoms with Gasteiger partial charge in [0.1, 0.15) is 6.10 Å². The number of ether oxygens (including phenoxy) is 4. The standard InChI is InChI=1S/C24H38N2O5/c1-25(2)17-24(27)31-19-11-13-26(16-19)20-7-5-6-8-21(20)30-14-12-18-9-10-22(28-3)23(15-18)29-4/h9-10,15,19-21H,5-8,11-14,16-17H2,1-4H3/t19-,20-,21-/m1/s1. The van der Waals surface area contributed by atoms with E-state index in [0.29, 0.717) is 19.2 Å². The number of nitrogens with zero attached hydrogens (tertiary/aromatic N) is 2. The second-order valence-electron chi connectivity index (χ2n) is 8.83. The van der Waals surface area contributed by atoms with E-state index < -0.39 is 0 Å². The zero-order valence-corrected chi connectivity index (χ0v) is 19.5. The van der Waals surface area contributed by atoms with Crippen LogP contribution in [-0.4, -0.2) is 88.6 Å².